The fourth-order valence-electron chi connectivity index (χ4n) is 1.32. The maximum Gasteiger partial charge on any atom is 0.322 e. The van der Waals surface area contributed by atoms with E-state index in [1.165, 1.54) is 26.4 Å². The van der Waals surface area contributed by atoms with Crippen LogP contribution in [0.3, 0.4) is 0 Å². The van der Waals surface area contributed by atoms with Crippen molar-refractivity contribution < 1.29 is 18.7 Å². The highest BCUT2D eigenvalue weighted by atomic mass is 19.1. The van der Waals surface area contributed by atoms with Crippen molar-refractivity contribution in [2.24, 2.45) is 5.73 Å². The summed E-state index contributed by atoms with van der Waals surface area (Å²) < 4.78 is 22.4. The molecule has 1 rings (SSSR count). The molecule has 0 aliphatic rings. The number of rotatable bonds is 4. The number of methoxy groups -OCH3 is 2. The lowest BCUT2D eigenvalue weighted by atomic mass is 10.1. The smallest absolute Gasteiger partial charge is 0.322 e. The molecule has 0 saturated heterocycles. The second-order valence-electron chi connectivity index (χ2n) is 3.30. The molecule has 1 atom stereocenters. The SMILES string of the molecule is COC(=O)C(N)Cc1ccc(F)c(OC)c1. The first-order valence-electron chi connectivity index (χ1n) is 4.74. The zero-order chi connectivity index (χ0) is 12.1. The molecule has 0 bridgehead atoms. The van der Waals surface area contributed by atoms with E-state index in [1.807, 2.05) is 0 Å². The second-order valence-corrected chi connectivity index (χ2v) is 3.30. The monoisotopic (exact) mass is 227 g/mol. The molecule has 1 aromatic rings. The van der Waals surface area contributed by atoms with Gasteiger partial charge in [-0.25, -0.2) is 4.39 Å². The van der Waals surface area contributed by atoms with Crippen LogP contribution in [0.5, 0.6) is 5.75 Å². The quantitative estimate of drug-likeness (QED) is 0.775. The van der Waals surface area contributed by atoms with Crippen LogP contribution in [0.2, 0.25) is 0 Å². The van der Waals surface area contributed by atoms with Gasteiger partial charge >= 0.3 is 5.97 Å². The molecule has 88 valence electrons. The Kier molecular flexibility index (Phi) is 4.25. The number of esters is 1. The summed E-state index contributed by atoms with van der Waals surface area (Å²) in [6, 6.07) is 3.59. The van der Waals surface area contributed by atoms with Crippen LogP contribution >= 0.6 is 0 Å². The normalized spacial score (nSPS) is 12.0. The second kappa shape index (κ2) is 5.46. The lowest BCUT2D eigenvalue weighted by Gasteiger charge is -2.10. The molecule has 0 heterocycles. The molecule has 0 saturated carbocycles. The van der Waals surface area contributed by atoms with Crippen molar-refractivity contribution in [3.63, 3.8) is 0 Å². The van der Waals surface area contributed by atoms with E-state index in [2.05, 4.69) is 4.74 Å². The summed E-state index contributed by atoms with van der Waals surface area (Å²) in [6.45, 7) is 0. The Morgan fingerprint density at radius 1 is 1.50 bits per heavy atom. The molecule has 2 N–H and O–H groups in total. The Labute approximate surface area is 93.2 Å². The molecule has 0 spiro atoms. The van der Waals surface area contributed by atoms with Gasteiger partial charge in [0.25, 0.3) is 0 Å². The fraction of sp³-hybridized carbons (Fsp3) is 0.364. The Morgan fingerprint density at radius 3 is 2.75 bits per heavy atom. The number of carbonyl (C=O) groups is 1. The Morgan fingerprint density at radius 2 is 2.19 bits per heavy atom. The van der Waals surface area contributed by atoms with Gasteiger partial charge in [0, 0.05) is 0 Å². The third-order valence-corrected chi connectivity index (χ3v) is 2.18. The largest absolute Gasteiger partial charge is 0.494 e. The first-order valence-corrected chi connectivity index (χ1v) is 4.74. The summed E-state index contributed by atoms with van der Waals surface area (Å²) >= 11 is 0. The van der Waals surface area contributed by atoms with E-state index in [0.29, 0.717) is 0 Å². The van der Waals surface area contributed by atoms with Crippen LogP contribution in [-0.2, 0) is 16.0 Å². The zero-order valence-corrected chi connectivity index (χ0v) is 9.20. The maximum absolute atomic E-state index is 13.1. The first-order chi connectivity index (χ1) is 7.58. The third kappa shape index (κ3) is 2.93. The van der Waals surface area contributed by atoms with Gasteiger partial charge in [0.05, 0.1) is 14.2 Å². The van der Waals surface area contributed by atoms with Crippen molar-refractivity contribution in [3.05, 3.63) is 29.6 Å². The first kappa shape index (κ1) is 12.4. The topological polar surface area (TPSA) is 61.5 Å². The van der Waals surface area contributed by atoms with Crippen molar-refractivity contribution in [2.75, 3.05) is 14.2 Å². The minimum atomic E-state index is -0.750. The van der Waals surface area contributed by atoms with E-state index in [-0.39, 0.29) is 12.2 Å². The van der Waals surface area contributed by atoms with Crippen LogP contribution in [0, 0.1) is 5.82 Å². The van der Waals surface area contributed by atoms with E-state index in [4.69, 9.17) is 10.5 Å². The van der Waals surface area contributed by atoms with E-state index in [9.17, 15) is 9.18 Å². The molecule has 0 radical (unpaired) electrons. The number of hydrogen-bond acceptors (Lipinski definition) is 4. The van der Waals surface area contributed by atoms with Crippen LogP contribution in [0.4, 0.5) is 4.39 Å². The molecule has 0 fully saturated rings. The summed E-state index contributed by atoms with van der Waals surface area (Å²) in [7, 11) is 2.65. The number of nitrogens with two attached hydrogens (primary N) is 1. The molecule has 4 nitrogen and oxygen atoms in total. The summed E-state index contributed by atoms with van der Waals surface area (Å²) in [5.74, 6) is -0.809. The van der Waals surface area contributed by atoms with E-state index in [1.54, 1.807) is 6.07 Å². The highest BCUT2D eigenvalue weighted by Gasteiger charge is 2.15. The van der Waals surface area contributed by atoms with Gasteiger partial charge < -0.3 is 15.2 Å². The predicted octanol–water partition coefficient (Wildman–Crippen LogP) is 0.877. The molecule has 5 heteroatoms. The summed E-state index contributed by atoms with van der Waals surface area (Å²) in [4.78, 5) is 11.1. The number of ether oxygens (including phenoxy) is 2. The highest BCUT2D eigenvalue weighted by Crippen LogP contribution is 2.18. The van der Waals surface area contributed by atoms with Crippen molar-refractivity contribution in [1.82, 2.24) is 0 Å². The minimum absolute atomic E-state index is 0.134. The van der Waals surface area contributed by atoms with Crippen LogP contribution in [0.15, 0.2) is 18.2 Å². The summed E-state index contributed by atoms with van der Waals surface area (Å²) in [5, 5.41) is 0. The molecule has 0 aliphatic heterocycles. The van der Waals surface area contributed by atoms with Crippen LogP contribution in [0.25, 0.3) is 0 Å². The highest BCUT2D eigenvalue weighted by molar-refractivity contribution is 5.75. The Balaban J connectivity index is 2.78. The van der Waals surface area contributed by atoms with Crippen molar-refractivity contribution >= 4 is 5.97 Å². The van der Waals surface area contributed by atoms with Gasteiger partial charge in [-0.2, -0.15) is 0 Å². The standard InChI is InChI=1S/C11H14FNO3/c1-15-10-6-7(3-4-8(10)12)5-9(13)11(14)16-2/h3-4,6,9H,5,13H2,1-2H3. The zero-order valence-electron chi connectivity index (χ0n) is 9.20. The Bertz CT molecular complexity index is 381. The van der Waals surface area contributed by atoms with Crippen LogP contribution in [-0.4, -0.2) is 26.2 Å². The van der Waals surface area contributed by atoms with Gasteiger partial charge in [-0.3, -0.25) is 4.79 Å². The summed E-state index contributed by atoms with van der Waals surface area (Å²) in [5.41, 5.74) is 6.30. The maximum atomic E-state index is 13.1. The molecule has 0 aliphatic carbocycles. The average molecular weight is 227 g/mol. The van der Waals surface area contributed by atoms with E-state index < -0.39 is 17.8 Å². The summed E-state index contributed by atoms with van der Waals surface area (Å²) in [6.07, 6.45) is 0.281. The lowest BCUT2D eigenvalue weighted by Crippen LogP contribution is -2.33. The minimum Gasteiger partial charge on any atom is -0.494 e. The molecular weight excluding hydrogens is 213 g/mol. The lowest BCUT2D eigenvalue weighted by molar-refractivity contribution is -0.142. The van der Waals surface area contributed by atoms with E-state index >= 15 is 0 Å². The molecule has 0 amide bonds. The van der Waals surface area contributed by atoms with Crippen LogP contribution in [0.1, 0.15) is 5.56 Å². The van der Waals surface area contributed by atoms with E-state index in [0.717, 1.165) is 5.56 Å². The van der Waals surface area contributed by atoms with Crippen molar-refractivity contribution in [3.8, 4) is 5.75 Å². The van der Waals surface area contributed by atoms with Crippen molar-refractivity contribution in [1.29, 1.82) is 0 Å². The predicted molar refractivity (Wildman–Crippen MR) is 56.6 cm³/mol. The van der Waals surface area contributed by atoms with Gasteiger partial charge in [-0.1, -0.05) is 6.07 Å². The third-order valence-electron chi connectivity index (χ3n) is 2.18. The fourth-order valence-corrected chi connectivity index (χ4v) is 1.32. The molecule has 0 aromatic heterocycles. The molecular formula is C11H14FNO3. The van der Waals surface area contributed by atoms with Gasteiger partial charge in [0.1, 0.15) is 6.04 Å². The average Bonchev–Trinajstić information content (AvgIpc) is 2.30. The van der Waals surface area contributed by atoms with Gasteiger partial charge in [0.2, 0.25) is 0 Å². The van der Waals surface area contributed by atoms with Gasteiger partial charge in [0.15, 0.2) is 11.6 Å². The van der Waals surface area contributed by atoms with Gasteiger partial charge in [-0.05, 0) is 24.1 Å². The van der Waals surface area contributed by atoms with Crippen LogP contribution < -0.4 is 10.5 Å². The number of carbonyl (C=O) groups excluding carboxylic acids is 1. The molecule has 16 heavy (non-hydrogen) atoms. The van der Waals surface area contributed by atoms with Gasteiger partial charge in [-0.15, -0.1) is 0 Å². The number of halogens is 1. The Hall–Kier alpha value is -1.62. The molecule has 1 aromatic carbocycles. The molecule has 1 unspecified atom stereocenters. The number of benzene rings is 1. The number of hydrogen-bond donors (Lipinski definition) is 1. The van der Waals surface area contributed by atoms with Crippen molar-refractivity contribution in [2.45, 2.75) is 12.5 Å².